The lowest BCUT2D eigenvalue weighted by atomic mass is 9.48. The maximum atomic E-state index is 13.1. The molecule has 1 aliphatic heterocycles. The molecule has 1 aromatic rings. The summed E-state index contributed by atoms with van der Waals surface area (Å²) in [4.78, 5) is 2.42. The number of nitrogens with zero attached hydrogens (tertiary/aromatic N) is 3. The second kappa shape index (κ2) is 5.04. The van der Waals surface area contributed by atoms with Gasteiger partial charge >= 0.3 is 0 Å². The van der Waals surface area contributed by atoms with Crippen molar-refractivity contribution >= 4 is 10.0 Å². The molecule has 6 nitrogen and oxygen atoms in total. The molecule has 0 bridgehead atoms. The first kappa shape index (κ1) is 16.9. The monoisotopic (exact) mass is 341 g/mol. The van der Waals surface area contributed by atoms with Gasteiger partial charge in [0.25, 0.3) is 0 Å². The first-order chi connectivity index (χ1) is 10.5. The highest BCUT2D eigenvalue weighted by molar-refractivity contribution is 7.89. The molecule has 1 aromatic heterocycles. The minimum Gasteiger partial charge on any atom is -0.360 e. The third kappa shape index (κ3) is 2.44. The molecular weight excluding hydrogens is 314 g/mol. The molecule has 2 atom stereocenters. The molecule has 2 aliphatic rings. The van der Waals surface area contributed by atoms with Gasteiger partial charge in [0.1, 0.15) is 10.6 Å². The van der Waals surface area contributed by atoms with Crippen LogP contribution in [0.3, 0.4) is 0 Å². The predicted molar refractivity (Wildman–Crippen MR) is 87.6 cm³/mol. The molecule has 0 N–H and O–H groups in total. The summed E-state index contributed by atoms with van der Waals surface area (Å²) in [7, 11) is 0.568. The van der Waals surface area contributed by atoms with Gasteiger partial charge in [-0.15, -0.1) is 0 Å². The maximum absolute atomic E-state index is 13.1. The van der Waals surface area contributed by atoms with Gasteiger partial charge < -0.3 is 9.42 Å². The van der Waals surface area contributed by atoms with E-state index in [2.05, 4.69) is 38.0 Å². The molecule has 130 valence electrons. The third-order valence-corrected chi connectivity index (χ3v) is 7.62. The van der Waals surface area contributed by atoms with Crippen molar-refractivity contribution in [1.82, 2.24) is 14.4 Å². The average molecular weight is 341 g/mol. The largest absolute Gasteiger partial charge is 0.360 e. The van der Waals surface area contributed by atoms with E-state index in [9.17, 15) is 8.42 Å². The molecule has 2 heterocycles. The maximum Gasteiger partial charge on any atom is 0.248 e. The summed E-state index contributed by atoms with van der Waals surface area (Å²) in [6, 6.07) is 0. The van der Waals surface area contributed by atoms with Crippen molar-refractivity contribution in [2.75, 3.05) is 33.7 Å². The van der Waals surface area contributed by atoms with Crippen molar-refractivity contribution in [3.63, 3.8) is 0 Å². The zero-order valence-electron chi connectivity index (χ0n) is 14.9. The van der Waals surface area contributed by atoms with Crippen LogP contribution in [0.25, 0.3) is 0 Å². The Hall–Kier alpha value is -0.920. The lowest BCUT2D eigenvalue weighted by molar-refractivity contribution is -0.0789. The molecule has 0 unspecified atom stereocenters. The fourth-order valence-corrected chi connectivity index (χ4v) is 6.92. The number of aromatic nitrogens is 1. The summed E-state index contributed by atoms with van der Waals surface area (Å²) < 4.78 is 32.9. The molecule has 0 radical (unpaired) electrons. The van der Waals surface area contributed by atoms with Gasteiger partial charge in [-0.05, 0) is 45.7 Å². The molecule has 1 saturated carbocycles. The van der Waals surface area contributed by atoms with Crippen molar-refractivity contribution in [2.45, 2.75) is 39.0 Å². The summed E-state index contributed by atoms with van der Waals surface area (Å²) >= 11 is 0. The number of aryl methyl sites for hydroxylation is 2. The van der Waals surface area contributed by atoms with E-state index in [0.717, 1.165) is 13.0 Å². The molecule has 2 fully saturated rings. The standard InChI is InChI=1S/C16H27N3O3S/c1-11-14(12(2)22-17-11)23(20,21)19-7-13-15(3,4)8-16(13,10-19)9-18(5)6/h13H,7-10H2,1-6H3/t13-,16+/m1/s1. The van der Waals surface area contributed by atoms with E-state index in [1.807, 2.05) is 0 Å². The van der Waals surface area contributed by atoms with Gasteiger partial charge in [-0.2, -0.15) is 4.31 Å². The summed E-state index contributed by atoms with van der Waals surface area (Å²) in [6.45, 7) is 9.95. The molecule has 1 aliphatic carbocycles. The zero-order chi connectivity index (χ0) is 17.2. The molecule has 0 aromatic carbocycles. The Balaban J connectivity index is 1.94. The topological polar surface area (TPSA) is 66.7 Å². The van der Waals surface area contributed by atoms with Crippen molar-refractivity contribution in [1.29, 1.82) is 0 Å². The Labute approximate surface area is 138 Å². The van der Waals surface area contributed by atoms with Crippen LogP contribution in [0, 0.1) is 30.6 Å². The summed E-state index contributed by atoms with van der Waals surface area (Å²) in [5.41, 5.74) is 0.709. The minimum absolute atomic E-state index is 0.0685. The van der Waals surface area contributed by atoms with Crippen molar-refractivity contribution in [3.8, 4) is 0 Å². The third-order valence-electron chi connectivity index (χ3n) is 5.56. The smallest absolute Gasteiger partial charge is 0.248 e. The molecule has 1 saturated heterocycles. The molecular formula is C16H27N3O3S. The van der Waals surface area contributed by atoms with E-state index >= 15 is 0 Å². The lowest BCUT2D eigenvalue weighted by Crippen LogP contribution is -2.57. The van der Waals surface area contributed by atoms with Crippen LogP contribution in [0.1, 0.15) is 31.7 Å². The lowest BCUT2D eigenvalue weighted by Gasteiger charge is -2.57. The fraction of sp³-hybridized carbons (Fsp3) is 0.812. The number of hydrogen-bond acceptors (Lipinski definition) is 5. The van der Waals surface area contributed by atoms with Crippen molar-refractivity contribution in [2.24, 2.45) is 16.7 Å². The van der Waals surface area contributed by atoms with Gasteiger partial charge in [-0.3, -0.25) is 0 Å². The average Bonchev–Trinajstić information content (AvgIpc) is 2.87. The molecule has 0 amide bonds. The molecule has 7 heteroatoms. The summed E-state index contributed by atoms with van der Waals surface area (Å²) in [5.74, 6) is 0.773. The quantitative estimate of drug-likeness (QED) is 0.837. The van der Waals surface area contributed by atoms with Gasteiger partial charge in [0.2, 0.25) is 10.0 Å². The van der Waals surface area contributed by atoms with E-state index in [1.54, 1.807) is 18.2 Å². The van der Waals surface area contributed by atoms with Crippen LogP contribution in [-0.2, 0) is 10.0 Å². The fourth-order valence-electron chi connectivity index (χ4n) is 5.08. The highest BCUT2D eigenvalue weighted by Gasteiger charge is 2.64. The zero-order valence-corrected chi connectivity index (χ0v) is 15.7. The van der Waals surface area contributed by atoms with Crippen molar-refractivity contribution < 1.29 is 12.9 Å². The predicted octanol–water partition coefficient (Wildman–Crippen LogP) is 1.89. The Morgan fingerprint density at radius 3 is 2.48 bits per heavy atom. The van der Waals surface area contributed by atoms with E-state index in [4.69, 9.17) is 4.52 Å². The van der Waals surface area contributed by atoms with Crippen LogP contribution < -0.4 is 0 Å². The van der Waals surface area contributed by atoms with Gasteiger partial charge in [0.05, 0.1) is 0 Å². The Morgan fingerprint density at radius 2 is 2.00 bits per heavy atom. The number of rotatable bonds is 4. The number of sulfonamides is 1. The van der Waals surface area contributed by atoms with Crippen LogP contribution in [0.2, 0.25) is 0 Å². The highest BCUT2D eigenvalue weighted by Crippen LogP contribution is 2.63. The van der Waals surface area contributed by atoms with Gasteiger partial charge in [0.15, 0.2) is 5.76 Å². The first-order valence-electron chi connectivity index (χ1n) is 8.07. The Bertz CT molecular complexity index is 699. The van der Waals surface area contributed by atoms with Crippen LogP contribution in [0.5, 0.6) is 0 Å². The van der Waals surface area contributed by atoms with Gasteiger partial charge in [-0.25, -0.2) is 8.42 Å². The minimum atomic E-state index is -3.55. The van der Waals surface area contributed by atoms with Crippen LogP contribution in [0.4, 0.5) is 0 Å². The van der Waals surface area contributed by atoms with Gasteiger partial charge in [-0.1, -0.05) is 19.0 Å². The summed E-state index contributed by atoms with van der Waals surface area (Å²) in [6.07, 6.45) is 1.07. The Kier molecular flexibility index (Phi) is 3.71. The Morgan fingerprint density at radius 1 is 1.35 bits per heavy atom. The van der Waals surface area contributed by atoms with Crippen LogP contribution >= 0.6 is 0 Å². The van der Waals surface area contributed by atoms with Crippen molar-refractivity contribution in [3.05, 3.63) is 11.5 Å². The van der Waals surface area contributed by atoms with E-state index in [1.165, 1.54) is 0 Å². The first-order valence-corrected chi connectivity index (χ1v) is 9.51. The van der Waals surface area contributed by atoms with E-state index < -0.39 is 10.0 Å². The van der Waals surface area contributed by atoms with E-state index in [0.29, 0.717) is 30.5 Å². The summed E-state index contributed by atoms with van der Waals surface area (Å²) in [5, 5.41) is 3.81. The van der Waals surface area contributed by atoms with Gasteiger partial charge in [0, 0.05) is 25.0 Å². The second-order valence-electron chi connectivity index (χ2n) is 8.27. The number of fused-ring (bicyclic) bond motifs is 1. The molecule has 23 heavy (non-hydrogen) atoms. The van der Waals surface area contributed by atoms with Crippen LogP contribution in [0.15, 0.2) is 9.42 Å². The van der Waals surface area contributed by atoms with E-state index in [-0.39, 0.29) is 15.7 Å². The SMILES string of the molecule is Cc1noc(C)c1S(=O)(=O)N1C[C@@H]2C(C)(C)C[C@]2(CN(C)C)C1. The highest BCUT2D eigenvalue weighted by atomic mass is 32.2. The van der Waals surface area contributed by atoms with Crippen LogP contribution in [-0.4, -0.2) is 56.5 Å². The number of hydrogen-bond donors (Lipinski definition) is 0. The molecule has 3 rings (SSSR count). The molecule has 0 spiro atoms. The normalized spacial score (nSPS) is 30.5. The second-order valence-corrected chi connectivity index (χ2v) is 10.1.